The maximum atomic E-state index is 5.60. The van der Waals surface area contributed by atoms with Crippen LogP contribution in [0.2, 0.25) is 0 Å². The van der Waals surface area contributed by atoms with Crippen molar-refractivity contribution in [1.29, 1.82) is 0 Å². The predicted octanol–water partition coefficient (Wildman–Crippen LogP) is 0.722. The van der Waals surface area contributed by atoms with E-state index in [9.17, 15) is 0 Å². The summed E-state index contributed by atoms with van der Waals surface area (Å²) in [6, 6.07) is 0. The number of amidine groups is 1. The van der Waals surface area contributed by atoms with Crippen LogP contribution in [-0.2, 0) is 4.74 Å². The molecule has 14 heavy (non-hydrogen) atoms. The largest absolute Gasteiger partial charge is 0.384 e. The molecule has 1 aliphatic rings. The van der Waals surface area contributed by atoms with Crippen molar-refractivity contribution in [1.82, 2.24) is 4.90 Å². The summed E-state index contributed by atoms with van der Waals surface area (Å²) < 4.78 is 5.17. The van der Waals surface area contributed by atoms with Gasteiger partial charge in [0, 0.05) is 20.2 Å². The quantitative estimate of drug-likeness (QED) is 0.533. The van der Waals surface area contributed by atoms with Gasteiger partial charge in [0.05, 0.1) is 6.10 Å². The zero-order valence-corrected chi connectivity index (χ0v) is 8.73. The number of ether oxygens (including phenoxy) is 1. The number of hydrogen-bond donors (Lipinski definition) is 1. The lowest BCUT2D eigenvalue weighted by Gasteiger charge is -2.39. The molecular weight excluding hydrogens is 178 g/mol. The fourth-order valence-corrected chi connectivity index (χ4v) is 1.22. The van der Waals surface area contributed by atoms with E-state index in [1.807, 2.05) is 6.92 Å². The zero-order chi connectivity index (χ0) is 10.6. The summed E-state index contributed by atoms with van der Waals surface area (Å²) >= 11 is 0. The van der Waals surface area contributed by atoms with Gasteiger partial charge in [0.25, 0.3) is 0 Å². The van der Waals surface area contributed by atoms with Crippen LogP contribution >= 0.6 is 0 Å². The minimum Gasteiger partial charge on any atom is -0.384 e. The number of rotatable bonds is 3. The second-order valence-corrected chi connectivity index (χ2v) is 3.15. The fraction of sp³-hybridized carbons (Fsp3) is 0.500. The molecule has 0 bridgehead atoms. The summed E-state index contributed by atoms with van der Waals surface area (Å²) in [5.74, 6) is 1.33. The van der Waals surface area contributed by atoms with Crippen molar-refractivity contribution >= 4 is 5.84 Å². The van der Waals surface area contributed by atoms with Crippen molar-refractivity contribution < 1.29 is 4.74 Å². The Morgan fingerprint density at radius 3 is 2.71 bits per heavy atom. The van der Waals surface area contributed by atoms with Gasteiger partial charge in [-0.25, -0.2) is 4.99 Å². The van der Waals surface area contributed by atoms with Gasteiger partial charge in [0.15, 0.2) is 0 Å². The first-order valence-corrected chi connectivity index (χ1v) is 4.62. The molecule has 1 saturated heterocycles. The van der Waals surface area contributed by atoms with Crippen LogP contribution in [0.5, 0.6) is 0 Å². The molecule has 0 aromatic carbocycles. The third kappa shape index (κ3) is 2.35. The Morgan fingerprint density at radius 2 is 2.29 bits per heavy atom. The summed E-state index contributed by atoms with van der Waals surface area (Å²) in [7, 11) is 1.72. The van der Waals surface area contributed by atoms with E-state index >= 15 is 0 Å². The number of hydrogen-bond acceptors (Lipinski definition) is 3. The maximum absolute atomic E-state index is 5.60. The molecular formula is C10H17N3O. The highest BCUT2D eigenvalue weighted by Crippen LogP contribution is 2.12. The first-order chi connectivity index (χ1) is 6.71. The monoisotopic (exact) mass is 195 g/mol. The summed E-state index contributed by atoms with van der Waals surface area (Å²) in [6.07, 6.45) is 3.78. The smallest absolute Gasteiger partial charge is 0.130 e. The molecule has 1 rings (SSSR count). The van der Waals surface area contributed by atoms with Crippen LogP contribution in [-0.4, -0.2) is 37.0 Å². The van der Waals surface area contributed by atoms with Crippen LogP contribution in [0.4, 0.5) is 0 Å². The molecule has 0 saturated carbocycles. The summed E-state index contributed by atoms with van der Waals surface area (Å²) in [5, 5.41) is 0. The predicted molar refractivity (Wildman–Crippen MR) is 57.9 cm³/mol. The maximum Gasteiger partial charge on any atom is 0.130 e. The summed E-state index contributed by atoms with van der Waals surface area (Å²) in [5.41, 5.74) is 5.60. The molecule has 1 fully saturated rings. The normalized spacial score (nSPS) is 19.4. The minimum atomic E-state index is 0.312. The Hall–Kier alpha value is -1.29. The topological polar surface area (TPSA) is 50.8 Å². The number of nitrogens with zero attached hydrogens (tertiary/aromatic N) is 2. The van der Waals surface area contributed by atoms with E-state index in [4.69, 9.17) is 10.5 Å². The molecule has 0 spiro atoms. The van der Waals surface area contributed by atoms with Crippen molar-refractivity contribution in [3.63, 3.8) is 0 Å². The van der Waals surface area contributed by atoms with Crippen molar-refractivity contribution in [3.05, 3.63) is 24.6 Å². The molecule has 0 aliphatic carbocycles. The van der Waals surface area contributed by atoms with Crippen LogP contribution in [0.15, 0.2) is 29.5 Å². The van der Waals surface area contributed by atoms with Crippen molar-refractivity contribution in [2.75, 3.05) is 20.2 Å². The molecule has 1 heterocycles. The SMILES string of the molecule is C=C/C(=N\C(N)=C/C)N1CC(OC)C1. The molecule has 0 atom stereocenters. The van der Waals surface area contributed by atoms with Crippen LogP contribution in [0.1, 0.15) is 6.92 Å². The summed E-state index contributed by atoms with van der Waals surface area (Å²) in [6.45, 7) is 7.28. The lowest BCUT2D eigenvalue weighted by Crippen LogP contribution is -2.54. The molecule has 0 unspecified atom stereocenters. The van der Waals surface area contributed by atoms with Gasteiger partial charge in [-0.15, -0.1) is 0 Å². The fourth-order valence-electron chi connectivity index (χ4n) is 1.22. The van der Waals surface area contributed by atoms with E-state index in [2.05, 4.69) is 16.5 Å². The van der Waals surface area contributed by atoms with E-state index in [1.54, 1.807) is 19.3 Å². The van der Waals surface area contributed by atoms with Crippen molar-refractivity contribution in [2.24, 2.45) is 10.7 Å². The van der Waals surface area contributed by atoms with E-state index in [0.29, 0.717) is 11.9 Å². The highest BCUT2D eigenvalue weighted by Gasteiger charge is 2.27. The van der Waals surface area contributed by atoms with Crippen molar-refractivity contribution in [3.8, 4) is 0 Å². The third-order valence-electron chi connectivity index (χ3n) is 2.23. The number of allylic oxidation sites excluding steroid dienone is 1. The molecule has 4 heteroatoms. The Labute approximate surface area is 84.7 Å². The van der Waals surface area contributed by atoms with Crippen LogP contribution in [0, 0.1) is 0 Å². The highest BCUT2D eigenvalue weighted by atomic mass is 16.5. The molecule has 78 valence electrons. The lowest BCUT2D eigenvalue weighted by molar-refractivity contribution is 0.00628. The first kappa shape index (κ1) is 10.8. The number of likely N-dealkylation sites (tertiary alicyclic amines) is 1. The van der Waals surface area contributed by atoms with Gasteiger partial charge >= 0.3 is 0 Å². The minimum absolute atomic E-state index is 0.312. The number of aliphatic imine (C=N–C) groups is 1. The first-order valence-electron chi connectivity index (χ1n) is 4.62. The molecule has 0 aromatic rings. The Balaban J connectivity index is 2.57. The molecule has 2 N–H and O–H groups in total. The van der Waals surface area contributed by atoms with Gasteiger partial charge in [0.1, 0.15) is 11.7 Å². The molecule has 0 amide bonds. The molecule has 1 aliphatic heterocycles. The van der Waals surface area contributed by atoms with Gasteiger partial charge in [0.2, 0.25) is 0 Å². The van der Waals surface area contributed by atoms with Gasteiger partial charge < -0.3 is 15.4 Å². The zero-order valence-electron chi connectivity index (χ0n) is 8.73. The number of nitrogens with two attached hydrogens (primary N) is 1. The second kappa shape index (κ2) is 4.81. The number of methoxy groups -OCH3 is 1. The Kier molecular flexibility index (Phi) is 3.71. The Bertz CT molecular complexity index is 265. The summed E-state index contributed by atoms with van der Waals surface area (Å²) in [4.78, 5) is 6.29. The molecule has 0 radical (unpaired) electrons. The lowest BCUT2D eigenvalue weighted by atomic mass is 10.1. The average molecular weight is 195 g/mol. The van der Waals surface area contributed by atoms with E-state index < -0.39 is 0 Å². The van der Waals surface area contributed by atoms with Crippen LogP contribution in [0.25, 0.3) is 0 Å². The van der Waals surface area contributed by atoms with Gasteiger partial charge in [-0.3, -0.25) is 0 Å². The third-order valence-corrected chi connectivity index (χ3v) is 2.23. The van der Waals surface area contributed by atoms with E-state index in [0.717, 1.165) is 18.9 Å². The average Bonchev–Trinajstić information content (AvgIpc) is 2.14. The van der Waals surface area contributed by atoms with Crippen LogP contribution in [0.3, 0.4) is 0 Å². The van der Waals surface area contributed by atoms with Gasteiger partial charge in [-0.2, -0.15) is 0 Å². The van der Waals surface area contributed by atoms with Crippen LogP contribution < -0.4 is 5.73 Å². The molecule has 0 aromatic heterocycles. The second-order valence-electron chi connectivity index (χ2n) is 3.15. The van der Waals surface area contributed by atoms with Gasteiger partial charge in [-0.05, 0) is 19.1 Å². The Morgan fingerprint density at radius 1 is 1.64 bits per heavy atom. The van der Waals surface area contributed by atoms with Gasteiger partial charge in [-0.1, -0.05) is 6.58 Å². The van der Waals surface area contributed by atoms with Crippen molar-refractivity contribution in [2.45, 2.75) is 13.0 Å². The highest BCUT2D eigenvalue weighted by molar-refractivity contribution is 5.93. The van der Waals surface area contributed by atoms with E-state index in [-0.39, 0.29) is 0 Å². The molecule has 4 nitrogen and oxygen atoms in total. The standard InChI is InChI=1S/C10H17N3O/c1-4-9(11)12-10(5-2)13-6-8(7-13)14-3/h4-5,8H,2,6-7,11H2,1,3H3/b9-4-,12-10+. The van der Waals surface area contributed by atoms with E-state index in [1.165, 1.54) is 0 Å².